The second-order valence-electron chi connectivity index (χ2n) is 6.90. The van der Waals surface area contributed by atoms with Crippen LogP contribution in [0.1, 0.15) is 15.9 Å². The second-order valence-corrected chi connectivity index (χ2v) is 8.19. The molecule has 35 heavy (non-hydrogen) atoms. The van der Waals surface area contributed by atoms with Crippen LogP contribution in [0.15, 0.2) is 65.7 Å². The number of thioether (sulfide) groups is 1. The molecular weight excluding hydrogens is 508 g/mol. The molecule has 0 atom stereocenters. The van der Waals surface area contributed by atoms with Gasteiger partial charge in [-0.1, -0.05) is 11.6 Å². The van der Waals surface area contributed by atoms with Crippen LogP contribution in [0.3, 0.4) is 0 Å². The third-order valence-corrected chi connectivity index (χ3v) is 5.65. The lowest BCUT2D eigenvalue weighted by Gasteiger charge is -2.13. The van der Waals surface area contributed by atoms with Crippen LogP contribution in [0.5, 0.6) is 23.4 Å². The van der Waals surface area contributed by atoms with Gasteiger partial charge in [-0.2, -0.15) is 4.98 Å². The molecule has 4 aromatic rings. The minimum absolute atomic E-state index is 0.102. The molecule has 0 saturated carbocycles. The topological polar surface area (TPSA) is 61.3 Å². The molecule has 0 unspecified atom stereocenters. The van der Waals surface area contributed by atoms with Crippen LogP contribution in [-0.4, -0.2) is 22.0 Å². The van der Waals surface area contributed by atoms with Gasteiger partial charge in [-0.3, -0.25) is 4.79 Å². The number of benzene rings is 3. The van der Waals surface area contributed by atoms with E-state index in [9.17, 15) is 22.4 Å². The van der Waals surface area contributed by atoms with E-state index in [0.717, 1.165) is 35.4 Å². The summed E-state index contributed by atoms with van der Waals surface area (Å²) < 4.78 is 65.5. The van der Waals surface area contributed by atoms with Gasteiger partial charge >= 0.3 is 6.01 Å². The Morgan fingerprint density at radius 1 is 0.857 bits per heavy atom. The zero-order chi connectivity index (χ0) is 25.1. The van der Waals surface area contributed by atoms with E-state index in [1.807, 2.05) is 6.26 Å². The van der Waals surface area contributed by atoms with Crippen molar-refractivity contribution in [1.29, 1.82) is 0 Å². The number of nitrogens with zero attached hydrogens (tertiary/aromatic N) is 2. The molecule has 5 nitrogen and oxygen atoms in total. The summed E-state index contributed by atoms with van der Waals surface area (Å²) in [4.78, 5) is 21.9. The molecule has 3 aromatic carbocycles. The zero-order valence-electron chi connectivity index (χ0n) is 17.7. The number of hydrogen-bond donors (Lipinski definition) is 0. The number of ketones is 1. The van der Waals surface area contributed by atoms with Crippen molar-refractivity contribution in [2.75, 3.05) is 6.26 Å². The number of halogens is 5. The van der Waals surface area contributed by atoms with E-state index in [1.165, 1.54) is 17.8 Å². The summed E-state index contributed by atoms with van der Waals surface area (Å²) in [5.41, 5.74) is -0.120. The molecule has 0 spiro atoms. The molecule has 0 fully saturated rings. The first-order valence-electron chi connectivity index (χ1n) is 9.76. The highest BCUT2D eigenvalue weighted by molar-refractivity contribution is 7.98. The van der Waals surface area contributed by atoms with Crippen molar-refractivity contribution < 1.29 is 31.8 Å². The maximum absolute atomic E-state index is 14.3. The SMILES string of the molecule is CSc1ccc(Cl)c(C(=O)c2cnc(Oc3ccc(F)cc3F)nc2Oc2ccc(F)cc2F)c1. The lowest BCUT2D eigenvalue weighted by Crippen LogP contribution is -2.08. The molecule has 0 aliphatic rings. The van der Waals surface area contributed by atoms with Crippen molar-refractivity contribution in [3.05, 3.63) is 100 Å². The maximum Gasteiger partial charge on any atom is 0.325 e. The molecule has 0 aliphatic heterocycles. The highest BCUT2D eigenvalue weighted by Crippen LogP contribution is 2.32. The van der Waals surface area contributed by atoms with Crippen LogP contribution in [0.2, 0.25) is 5.02 Å². The van der Waals surface area contributed by atoms with Gasteiger partial charge in [-0.05, 0) is 48.7 Å². The van der Waals surface area contributed by atoms with E-state index in [4.69, 9.17) is 21.1 Å². The molecule has 1 aromatic heterocycles. The van der Waals surface area contributed by atoms with Crippen molar-refractivity contribution in [3.8, 4) is 23.4 Å². The minimum Gasteiger partial charge on any atom is -0.435 e. The van der Waals surface area contributed by atoms with E-state index in [0.29, 0.717) is 12.1 Å². The third kappa shape index (κ3) is 5.55. The largest absolute Gasteiger partial charge is 0.435 e. The molecule has 0 aliphatic carbocycles. The molecule has 11 heteroatoms. The highest BCUT2D eigenvalue weighted by atomic mass is 35.5. The van der Waals surface area contributed by atoms with Gasteiger partial charge in [0.1, 0.15) is 17.2 Å². The van der Waals surface area contributed by atoms with E-state index >= 15 is 0 Å². The Labute approximate surface area is 205 Å². The molecule has 4 rings (SSSR count). The van der Waals surface area contributed by atoms with Gasteiger partial charge in [-0.25, -0.2) is 22.5 Å². The molecule has 0 amide bonds. The number of aromatic nitrogens is 2. The number of ether oxygens (including phenoxy) is 2. The van der Waals surface area contributed by atoms with Gasteiger partial charge < -0.3 is 9.47 Å². The van der Waals surface area contributed by atoms with Crippen LogP contribution in [-0.2, 0) is 0 Å². The summed E-state index contributed by atoms with van der Waals surface area (Å²) in [6, 6.07) is 9.44. The van der Waals surface area contributed by atoms with E-state index < -0.39 is 52.4 Å². The standard InChI is InChI=1S/C24H13ClF4N2O3S/c1-35-14-4-5-17(25)15(10-14)22(32)16-11-30-24(34-21-7-3-13(27)9-19(21)29)31-23(16)33-20-6-2-12(26)8-18(20)28/h2-11H,1H3. The fourth-order valence-electron chi connectivity index (χ4n) is 2.90. The van der Waals surface area contributed by atoms with Gasteiger partial charge in [-0.15, -0.1) is 11.8 Å². The van der Waals surface area contributed by atoms with Crippen LogP contribution >= 0.6 is 23.4 Å². The Hall–Kier alpha value is -3.63. The number of rotatable bonds is 7. The number of hydrogen-bond acceptors (Lipinski definition) is 6. The molecule has 0 bridgehead atoms. The molecule has 0 N–H and O–H groups in total. The summed E-state index contributed by atoms with van der Waals surface area (Å²) in [6.07, 6.45) is 2.85. The van der Waals surface area contributed by atoms with Crippen molar-refractivity contribution in [2.24, 2.45) is 0 Å². The Bertz CT molecular complexity index is 1440. The van der Waals surface area contributed by atoms with Crippen molar-refractivity contribution in [2.45, 2.75) is 4.90 Å². The van der Waals surface area contributed by atoms with Crippen molar-refractivity contribution in [3.63, 3.8) is 0 Å². The zero-order valence-corrected chi connectivity index (χ0v) is 19.3. The Kier molecular flexibility index (Phi) is 7.23. The van der Waals surface area contributed by atoms with Gasteiger partial charge in [0.05, 0.1) is 5.02 Å². The Morgan fingerprint density at radius 2 is 1.49 bits per heavy atom. The fourth-order valence-corrected chi connectivity index (χ4v) is 3.55. The smallest absolute Gasteiger partial charge is 0.325 e. The van der Waals surface area contributed by atoms with Crippen LogP contribution < -0.4 is 9.47 Å². The van der Waals surface area contributed by atoms with Crippen LogP contribution in [0, 0.1) is 23.3 Å². The number of carbonyl (C=O) groups is 1. The minimum atomic E-state index is -1.06. The first-order chi connectivity index (χ1) is 16.7. The Balaban J connectivity index is 1.78. The molecule has 178 valence electrons. The number of carbonyl (C=O) groups excluding carboxylic acids is 1. The average Bonchev–Trinajstić information content (AvgIpc) is 2.83. The molecule has 1 heterocycles. The van der Waals surface area contributed by atoms with E-state index in [2.05, 4.69) is 9.97 Å². The van der Waals surface area contributed by atoms with Gasteiger partial charge in [0.25, 0.3) is 0 Å². The predicted octanol–water partition coefficient (Wildman–Crippen LogP) is 7.22. The van der Waals surface area contributed by atoms with E-state index in [1.54, 1.807) is 12.1 Å². The highest BCUT2D eigenvalue weighted by Gasteiger charge is 2.23. The van der Waals surface area contributed by atoms with Crippen molar-refractivity contribution in [1.82, 2.24) is 9.97 Å². The molecule has 0 radical (unpaired) electrons. The Morgan fingerprint density at radius 3 is 2.09 bits per heavy atom. The van der Waals surface area contributed by atoms with Crippen LogP contribution in [0.4, 0.5) is 17.6 Å². The summed E-state index contributed by atoms with van der Waals surface area (Å²) in [5, 5.41) is 0.139. The average molecular weight is 521 g/mol. The van der Waals surface area contributed by atoms with E-state index in [-0.39, 0.29) is 16.1 Å². The normalized spacial score (nSPS) is 10.8. The second kappa shape index (κ2) is 10.3. The summed E-state index contributed by atoms with van der Waals surface area (Å²) in [6.45, 7) is 0. The monoisotopic (exact) mass is 520 g/mol. The predicted molar refractivity (Wildman–Crippen MR) is 122 cm³/mol. The first kappa shape index (κ1) is 24.5. The lowest BCUT2D eigenvalue weighted by molar-refractivity contribution is 0.103. The van der Waals surface area contributed by atoms with Gasteiger partial charge in [0, 0.05) is 28.8 Å². The lowest BCUT2D eigenvalue weighted by atomic mass is 10.1. The maximum atomic E-state index is 14.3. The van der Waals surface area contributed by atoms with Gasteiger partial charge in [0.15, 0.2) is 23.1 Å². The third-order valence-electron chi connectivity index (χ3n) is 4.59. The summed E-state index contributed by atoms with van der Waals surface area (Å²) in [5.74, 6) is -5.70. The summed E-state index contributed by atoms with van der Waals surface area (Å²) >= 11 is 7.59. The van der Waals surface area contributed by atoms with Gasteiger partial charge in [0.2, 0.25) is 11.7 Å². The van der Waals surface area contributed by atoms with Crippen molar-refractivity contribution >= 4 is 29.1 Å². The molecular formula is C24H13ClF4N2O3S. The quantitative estimate of drug-likeness (QED) is 0.146. The molecule has 0 saturated heterocycles. The van der Waals surface area contributed by atoms with Crippen LogP contribution in [0.25, 0.3) is 0 Å². The first-order valence-corrected chi connectivity index (χ1v) is 11.4. The summed E-state index contributed by atoms with van der Waals surface area (Å²) in [7, 11) is 0. The fraction of sp³-hybridized carbons (Fsp3) is 0.0417.